The Labute approximate surface area is 132 Å². The van der Waals surface area contributed by atoms with Crippen LogP contribution in [0.1, 0.15) is 30.5 Å². The third kappa shape index (κ3) is 4.10. The number of nitrogens with one attached hydrogen (secondary N) is 1. The first-order chi connectivity index (χ1) is 10.5. The smallest absolute Gasteiger partial charge is 0.265 e. The minimum Gasteiger partial charge on any atom is -0.481 e. The summed E-state index contributed by atoms with van der Waals surface area (Å²) in [4.78, 5) is 12.2. The number of carbonyl (C=O) groups is 1. The first-order valence-electron chi connectivity index (χ1n) is 7.63. The third-order valence-corrected chi connectivity index (χ3v) is 3.65. The van der Waals surface area contributed by atoms with E-state index in [2.05, 4.69) is 12.2 Å². The molecule has 2 rings (SSSR count). The van der Waals surface area contributed by atoms with E-state index < -0.39 is 6.10 Å². The fraction of sp³-hybridized carbons (Fsp3) is 0.316. The van der Waals surface area contributed by atoms with E-state index in [0.717, 1.165) is 17.7 Å². The maximum atomic E-state index is 12.2. The van der Waals surface area contributed by atoms with E-state index >= 15 is 0 Å². The van der Waals surface area contributed by atoms with Crippen molar-refractivity contribution in [2.24, 2.45) is 0 Å². The van der Waals surface area contributed by atoms with E-state index in [0.29, 0.717) is 5.75 Å². The normalized spacial score (nSPS) is 11.8. The Bertz CT molecular complexity index is 647. The highest BCUT2D eigenvalue weighted by molar-refractivity contribution is 5.94. The fourth-order valence-corrected chi connectivity index (χ4v) is 2.25. The largest absolute Gasteiger partial charge is 0.481 e. The molecule has 1 amide bonds. The summed E-state index contributed by atoms with van der Waals surface area (Å²) < 4.78 is 5.70. The molecule has 0 radical (unpaired) electrons. The van der Waals surface area contributed by atoms with Crippen LogP contribution in [-0.4, -0.2) is 12.0 Å². The molecule has 2 aromatic carbocycles. The lowest BCUT2D eigenvalue weighted by Crippen LogP contribution is -2.30. The van der Waals surface area contributed by atoms with Gasteiger partial charge in [0.25, 0.3) is 5.91 Å². The molecule has 3 nitrogen and oxygen atoms in total. The Balaban J connectivity index is 1.99. The van der Waals surface area contributed by atoms with Crippen molar-refractivity contribution in [2.45, 2.75) is 40.2 Å². The lowest BCUT2D eigenvalue weighted by atomic mass is 10.1. The number of hydrogen-bond donors (Lipinski definition) is 1. The van der Waals surface area contributed by atoms with Gasteiger partial charge in [-0.15, -0.1) is 0 Å². The SMILES string of the molecule is CCc1ccc(O[C@H](C)C(=O)Nc2ccc(C)cc2C)cc1. The molecular formula is C19H23NO2. The molecule has 0 aromatic heterocycles. The second-order valence-electron chi connectivity index (χ2n) is 5.57. The Kier molecular flexibility index (Phi) is 5.21. The summed E-state index contributed by atoms with van der Waals surface area (Å²) in [5.41, 5.74) is 4.30. The summed E-state index contributed by atoms with van der Waals surface area (Å²) in [6.45, 7) is 7.88. The van der Waals surface area contributed by atoms with Crippen LogP contribution < -0.4 is 10.1 Å². The van der Waals surface area contributed by atoms with E-state index in [-0.39, 0.29) is 5.91 Å². The first-order valence-corrected chi connectivity index (χ1v) is 7.63. The van der Waals surface area contributed by atoms with Gasteiger partial charge in [-0.25, -0.2) is 0 Å². The van der Waals surface area contributed by atoms with Crippen molar-refractivity contribution in [1.29, 1.82) is 0 Å². The summed E-state index contributed by atoms with van der Waals surface area (Å²) >= 11 is 0. The molecule has 116 valence electrons. The number of amides is 1. The van der Waals surface area contributed by atoms with Crippen molar-refractivity contribution in [2.75, 3.05) is 5.32 Å². The number of carbonyl (C=O) groups excluding carboxylic acids is 1. The highest BCUT2D eigenvalue weighted by atomic mass is 16.5. The van der Waals surface area contributed by atoms with Crippen molar-refractivity contribution in [3.8, 4) is 5.75 Å². The second-order valence-corrected chi connectivity index (χ2v) is 5.57. The van der Waals surface area contributed by atoms with E-state index in [4.69, 9.17) is 4.74 Å². The predicted octanol–water partition coefficient (Wildman–Crippen LogP) is 4.27. The number of benzene rings is 2. The molecule has 2 aromatic rings. The maximum absolute atomic E-state index is 12.2. The van der Waals surface area contributed by atoms with Crippen LogP contribution in [0.5, 0.6) is 5.75 Å². The van der Waals surface area contributed by atoms with Gasteiger partial charge >= 0.3 is 0 Å². The Morgan fingerprint density at radius 1 is 1.14 bits per heavy atom. The molecule has 0 heterocycles. The monoisotopic (exact) mass is 297 g/mol. The van der Waals surface area contributed by atoms with Crippen LogP contribution in [0.3, 0.4) is 0 Å². The van der Waals surface area contributed by atoms with Crippen molar-refractivity contribution < 1.29 is 9.53 Å². The van der Waals surface area contributed by atoms with E-state index in [1.807, 2.05) is 56.3 Å². The molecular weight excluding hydrogens is 274 g/mol. The van der Waals surface area contributed by atoms with Crippen LogP contribution in [0.2, 0.25) is 0 Å². The number of anilines is 1. The van der Waals surface area contributed by atoms with Crippen LogP contribution in [0, 0.1) is 13.8 Å². The summed E-state index contributed by atoms with van der Waals surface area (Å²) in [6, 6.07) is 13.8. The molecule has 0 spiro atoms. The van der Waals surface area contributed by atoms with E-state index in [1.165, 1.54) is 11.1 Å². The van der Waals surface area contributed by atoms with Crippen molar-refractivity contribution >= 4 is 11.6 Å². The quantitative estimate of drug-likeness (QED) is 0.895. The van der Waals surface area contributed by atoms with Gasteiger partial charge in [-0.2, -0.15) is 0 Å². The minimum absolute atomic E-state index is 0.147. The average molecular weight is 297 g/mol. The topological polar surface area (TPSA) is 38.3 Å². The highest BCUT2D eigenvalue weighted by Crippen LogP contribution is 2.18. The number of hydrogen-bond acceptors (Lipinski definition) is 2. The minimum atomic E-state index is -0.548. The Morgan fingerprint density at radius 3 is 2.41 bits per heavy atom. The zero-order chi connectivity index (χ0) is 16.1. The maximum Gasteiger partial charge on any atom is 0.265 e. The van der Waals surface area contributed by atoms with Gasteiger partial charge in [-0.3, -0.25) is 4.79 Å². The fourth-order valence-electron chi connectivity index (χ4n) is 2.25. The Morgan fingerprint density at radius 2 is 1.82 bits per heavy atom. The number of aryl methyl sites for hydroxylation is 3. The molecule has 1 atom stereocenters. The van der Waals surface area contributed by atoms with Crippen LogP contribution >= 0.6 is 0 Å². The molecule has 1 N–H and O–H groups in total. The van der Waals surface area contributed by atoms with E-state index in [9.17, 15) is 4.79 Å². The molecule has 0 aliphatic carbocycles. The van der Waals surface area contributed by atoms with Crippen LogP contribution in [-0.2, 0) is 11.2 Å². The number of ether oxygens (including phenoxy) is 1. The lowest BCUT2D eigenvalue weighted by Gasteiger charge is -2.16. The van der Waals surface area contributed by atoms with Gasteiger partial charge in [0.1, 0.15) is 5.75 Å². The van der Waals surface area contributed by atoms with Crippen molar-refractivity contribution in [3.63, 3.8) is 0 Å². The molecule has 22 heavy (non-hydrogen) atoms. The standard InChI is InChI=1S/C19H23NO2/c1-5-16-7-9-17(10-8-16)22-15(4)19(21)20-18-11-6-13(2)12-14(18)3/h6-12,15H,5H2,1-4H3,(H,20,21)/t15-/m1/s1. The molecule has 0 bridgehead atoms. The zero-order valence-electron chi connectivity index (χ0n) is 13.6. The van der Waals surface area contributed by atoms with Crippen LogP contribution in [0.4, 0.5) is 5.69 Å². The van der Waals surface area contributed by atoms with Gasteiger partial charge in [-0.1, -0.05) is 36.8 Å². The molecule has 0 fully saturated rings. The van der Waals surface area contributed by atoms with E-state index in [1.54, 1.807) is 6.92 Å². The third-order valence-electron chi connectivity index (χ3n) is 3.65. The summed E-state index contributed by atoms with van der Waals surface area (Å²) in [5.74, 6) is 0.562. The first kappa shape index (κ1) is 16.1. The van der Waals surface area contributed by atoms with Crippen LogP contribution in [0.15, 0.2) is 42.5 Å². The zero-order valence-corrected chi connectivity index (χ0v) is 13.6. The van der Waals surface area contributed by atoms with Gasteiger partial charge in [0.2, 0.25) is 0 Å². The molecule has 0 saturated carbocycles. The summed E-state index contributed by atoms with van der Waals surface area (Å²) in [6.07, 6.45) is 0.441. The molecule has 0 aliphatic rings. The van der Waals surface area contributed by atoms with Gasteiger partial charge < -0.3 is 10.1 Å². The number of rotatable bonds is 5. The second kappa shape index (κ2) is 7.12. The molecule has 0 saturated heterocycles. The predicted molar refractivity (Wildman–Crippen MR) is 90.5 cm³/mol. The van der Waals surface area contributed by atoms with Gasteiger partial charge in [0.05, 0.1) is 0 Å². The van der Waals surface area contributed by atoms with Crippen LogP contribution in [0.25, 0.3) is 0 Å². The van der Waals surface area contributed by atoms with Crippen molar-refractivity contribution in [3.05, 3.63) is 59.2 Å². The van der Waals surface area contributed by atoms with Gasteiger partial charge in [0.15, 0.2) is 6.10 Å². The molecule has 3 heteroatoms. The molecule has 0 aliphatic heterocycles. The van der Waals surface area contributed by atoms with Gasteiger partial charge in [0, 0.05) is 5.69 Å². The van der Waals surface area contributed by atoms with Crippen molar-refractivity contribution in [1.82, 2.24) is 0 Å². The highest BCUT2D eigenvalue weighted by Gasteiger charge is 2.15. The summed E-state index contributed by atoms with van der Waals surface area (Å²) in [7, 11) is 0. The summed E-state index contributed by atoms with van der Waals surface area (Å²) in [5, 5.41) is 2.92. The lowest BCUT2D eigenvalue weighted by molar-refractivity contribution is -0.122. The average Bonchev–Trinajstić information content (AvgIpc) is 2.50. The van der Waals surface area contributed by atoms with Gasteiger partial charge in [-0.05, 0) is 56.5 Å². The Hall–Kier alpha value is -2.29. The molecule has 0 unspecified atom stereocenters.